The highest BCUT2D eigenvalue weighted by molar-refractivity contribution is 7.07. The minimum Gasteiger partial charge on any atom is -0.313 e. The fourth-order valence-electron chi connectivity index (χ4n) is 2.88. The maximum atomic E-state index is 3.52. The maximum absolute atomic E-state index is 3.52. The van der Waals surface area contributed by atoms with Crippen molar-refractivity contribution >= 4 is 11.3 Å². The summed E-state index contributed by atoms with van der Waals surface area (Å²) in [6, 6.07) is 11.6. The smallest absolute Gasteiger partial charge is 0.0363 e. The molecule has 0 amide bonds. The van der Waals surface area contributed by atoms with Gasteiger partial charge in [-0.1, -0.05) is 24.3 Å². The van der Waals surface area contributed by atoms with Crippen molar-refractivity contribution in [3.8, 4) is 0 Å². The number of fused-ring (bicyclic) bond motifs is 1. The van der Waals surface area contributed by atoms with Gasteiger partial charge in [0.2, 0.25) is 0 Å². The predicted molar refractivity (Wildman–Crippen MR) is 81.3 cm³/mol. The van der Waals surface area contributed by atoms with Crippen LogP contribution in [0.15, 0.2) is 41.1 Å². The van der Waals surface area contributed by atoms with Gasteiger partial charge in [-0.3, -0.25) is 4.90 Å². The molecular formula is C16H20N2S. The molecule has 2 aromatic rings. The second-order valence-electron chi connectivity index (χ2n) is 5.23. The first-order valence-electron chi connectivity index (χ1n) is 6.84. The van der Waals surface area contributed by atoms with Crippen LogP contribution in [0.1, 0.15) is 29.2 Å². The molecule has 2 nitrogen and oxygen atoms in total. The monoisotopic (exact) mass is 272 g/mol. The second kappa shape index (κ2) is 5.87. The summed E-state index contributed by atoms with van der Waals surface area (Å²) in [6.07, 6.45) is 1.18. The first-order valence-corrected chi connectivity index (χ1v) is 7.79. The Bertz CT molecular complexity index is 521. The third-order valence-electron chi connectivity index (χ3n) is 3.87. The van der Waals surface area contributed by atoms with Gasteiger partial charge < -0.3 is 5.32 Å². The zero-order valence-electron chi connectivity index (χ0n) is 11.3. The minimum absolute atomic E-state index is 0.520. The van der Waals surface area contributed by atoms with Gasteiger partial charge in [0, 0.05) is 19.1 Å². The van der Waals surface area contributed by atoms with Gasteiger partial charge in [-0.25, -0.2) is 0 Å². The average Bonchev–Trinajstić information content (AvgIpc) is 2.83. The lowest BCUT2D eigenvalue weighted by atomic mass is 9.98. The van der Waals surface area contributed by atoms with Gasteiger partial charge in [0.15, 0.2) is 0 Å². The molecule has 0 fully saturated rings. The summed E-state index contributed by atoms with van der Waals surface area (Å²) < 4.78 is 0. The molecule has 19 heavy (non-hydrogen) atoms. The van der Waals surface area contributed by atoms with E-state index in [0.29, 0.717) is 6.04 Å². The van der Waals surface area contributed by atoms with Gasteiger partial charge in [0.05, 0.1) is 0 Å². The summed E-state index contributed by atoms with van der Waals surface area (Å²) in [5.41, 5.74) is 4.36. The third kappa shape index (κ3) is 2.89. The predicted octanol–water partition coefficient (Wildman–Crippen LogP) is 3.41. The van der Waals surface area contributed by atoms with Gasteiger partial charge in [-0.15, -0.1) is 0 Å². The van der Waals surface area contributed by atoms with E-state index in [1.54, 1.807) is 11.3 Å². The molecule has 1 aromatic heterocycles. The molecule has 1 N–H and O–H groups in total. The molecule has 0 radical (unpaired) electrons. The van der Waals surface area contributed by atoms with E-state index >= 15 is 0 Å². The molecule has 0 saturated carbocycles. The van der Waals surface area contributed by atoms with E-state index in [1.807, 2.05) is 0 Å². The van der Waals surface area contributed by atoms with Crippen molar-refractivity contribution in [2.75, 3.05) is 13.6 Å². The van der Waals surface area contributed by atoms with E-state index in [0.717, 1.165) is 19.6 Å². The van der Waals surface area contributed by atoms with E-state index < -0.39 is 0 Å². The average molecular weight is 272 g/mol. The lowest BCUT2D eigenvalue weighted by Gasteiger charge is -2.28. The van der Waals surface area contributed by atoms with Crippen LogP contribution >= 0.6 is 11.3 Å². The van der Waals surface area contributed by atoms with Crippen LogP contribution in [0.2, 0.25) is 0 Å². The van der Waals surface area contributed by atoms with Gasteiger partial charge in [0.1, 0.15) is 0 Å². The van der Waals surface area contributed by atoms with Crippen molar-refractivity contribution in [2.24, 2.45) is 0 Å². The van der Waals surface area contributed by atoms with Crippen LogP contribution in [0.25, 0.3) is 0 Å². The zero-order chi connectivity index (χ0) is 13.1. The number of benzene rings is 1. The van der Waals surface area contributed by atoms with Crippen molar-refractivity contribution in [2.45, 2.75) is 25.6 Å². The molecule has 2 heterocycles. The molecule has 0 bridgehead atoms. The molecule has 3 rings (SSSR count). The Labute approximate surface area is 119 Å². The normalized spacial score (nSPS) is 19.2. The van der Waals surface area contributed by atoms with Crippen molar-refractivity contribution in [1.29, 1.82) is 0 Å². The summed E-state index contributed by atoms with van der Waals surface area (Å²) in [4.78, 5) is 2.48. The van der Waals surface area contributed by atoms with Crippen molar-refractivity contribution < 1.29 is 0 Å². The summed E-state index contributed by atoms with van der Waals surface area (Å²) in [5.74, 6) is 0. The summed E-state index contributed by atoms with van der Waals surface area (Å²) in [6.45, 7) is 3.12. The van der Waals surface area contributed by atoms with Gasteiger partial charge in [-0.05, 0) is 53.5 Å². The molecule has 3 heteroatoms. The minimum atomic E-state index is 0.520. The van der Waals surface area contributed by atoms with Crippen LogP contribution in [0.3, 0.4) is 0 Å². The number of nitrogens with zero attached hydrogens (tertiary/aromatic N) is 1. The van der Waals surface area contributed by atoms with Crippen LogP contribution < -0.4 is 5.32 Å². The lowest BCUT2D eigenvalue weighted by molar-refractivity contribution is 0.227. The topological polar surface area (TPSA) is 15.3 Å². The van der Waals surface area contributed by atoms with Crippen LogP contribution in [0.5, 0.6) is 0 Å². The first kappa shape index (κ1) is 12.9. The highest BCUT2D eigenvalue weighted by Crippen LogP contribution is 2.29. The van der Waals surface area contributed by atoms with Crippen LogP contribution in [-0.4, -0.2) is 18.5 Å². The fraction of sp³-hybridized carbons (Fsp3) is 0.375. The van der Waals surface area contributed by atoms with E-state index in [2.05, 4.69) is 58.4 Å². The molecule has 1 atom stereocenters. The first-order chi connectivity index (χ1) is 9.34. The van der Waals surface area contributed by atoms with Crippen LogP contribution in [0, 0.1) is 0 Å². The Morgan fingerprint density at radius 1 is 1.32 bits per heavy atom. The van der Waals surface area contributed by atoms with Crippen molar-refractivity contribution in [3.05, 3.63) is 57.8 Å². The van der Waals surface area contributed by atoms with Crippen LogP contribution in [0.4, 0.5) is 0 Å². The number of rotatable bonds is 3. The highest BCUT2D eigenvalue weighted by Gasteiger charge is 2.21. The Hall–Kier alpha value is -1.16. The number of thiophene rings is 1. The zero-order valence-corrected chi connectivity index (χ0v) is 12.1. The molecule has 100 valence electrons. The highest BCUT2D eigenvalue weighted by atomic mass is 32.1. The molecule has 1 unspecified atom stereocenters. The summed E-state index contributed by atoms with van der Waals surface area (Å²) in [5, 5.41) is 7.93. The van der Waals surface area contributed by atoms with Crippen LogP contribution in [-0.2, 0) is 13.1 Å². The molecule has 0 aliphatic carbocycles. The molecule has 0 spiro atoms. The van der Waals surface area contributed by atoms with Gasteiger partial charge in [0.25, 0.3) is 0 Å². The molecule has 1 aliphatic rings. The Morgan fingerprint density at radius 3 is 3.05 bits per heavy atom. The molecule has 1 aliphatic heterocycles. The quantitative estimate of drug-likeness (QED) is 0.921. The van der Waals surface area contributed by atoms with E-state index in [1.165, 1.54) is 23.1 Å². The SMILES string of the molecule is CN(Cc1ccsc1)C1CCNCc2ccccc21. The van der Waals surface area contributed by atoms with E-state index in [-0.39, 0.29) is 0 Å². The van der Waals surface area contributed by atoms with Gasteiger partial charge >= 0.3 is 0 Å². The Kier molecular flexibility index (Phi) is 3.97. The van der Waals surface area contributed by atoms with Gasteiger partial charge in [-0.2, -0.15) is 11.3 Å². The van der Waals surface area contributed by atoms with E-state index in [4.69, 9.17) is 0 Å². The number of nitrogens with one attached hydrogen (secondary N) is 1. The number of hydrogen-bond donors (Lipinski definition) is 1. The summed E-state index contributed by atoms with van der Waals surface area (Å²) >= 11 is 1.78. The summed E-state index contributed by atoms with van der Waals surface area (Å²) in [7, 11) is 2.24. The van der Waals surface area contributed by atoms with Crippen molar-refractivity contribution in [3.63, 3.8) is 0 Å². The Balaban J connectivity index is 1.83. The fourth-order valence-corrected chi connectivity index (χ4v) is 3.54. The standard InChI is InChI=1S/C16H20N2S/c1-18(11-13-7-9-19-12-13)16-6-8-17-10-14-4-2-3-5-15(14)16/h2-5,7,9,12,16-17H,6,8,10-11H2,1H3. The second-order valence-corrected chi connectivity index (χ2v) is 6.01. The lowest BCUT2D eigenvalue weighted by Crippen LogP contribution is -2.25. The van der Waals surface area contributed by atoms with E-state index in [9.17, 15) is 0 Å². The molecular weight excluding hydrogens is 252 g/mol. The van der Waals surface area contributed by atoms with Crippen molar-refractivity contribution in [1.82, 2.24) is 10.2 Å². The molecule has 1 aromatic carbocycles. The maximum Gasteiger partial charge on any atom is 0.0363 e. The molecule has 0 saturated heterocycles. The largest absolute Gasteiger partial charge is 0.313 e. The number of hydrogen-bond acceptors (Lipinski definition) is 3. The third-order valence-corrected chi connectivity index (χ3v) is 4.60. The Morgan fingerprint density at radius 2 is 2.21 bits per heavy atom.